The third kappa shape index (κ3) is 4.11. The second-order valence-corrected chi connectivity index (χ2v) is 4.56. The van der Waals surface area contributed by atoms with Crippen LogP contribution >= 0.6 is 0 Å². The monoisotopic (exact) mass is 252 g/mol. The molecule has 0 radical (unpaired) electrons. The van der Waals surface area contributed by atoms with Crippen molar-refractivity contribution in [2.45, 2.75) is 32.9 Å². The number of halogens is 1. The fourth-order valence-electron chi connectivity index (χ4n) is 1.74. The maximum atomic E-state index is 13.6. The van der Waals surface area contributed by atoms with Crippen molar-refractivity contribution in [3.05, 3.63) is 35.6 Å². The predicted molar refractivity (Wildman–Crippen MR) is 70.6 cm³/mol. The molecular formula is C14H21FN2O. The normalized spacial score (nSPS) is 10.7. The molecule has 3 nitrogen and oxygen atoms in total. The van der Waals surface area contributed by atoms with Gasteiger partial charge in [0.1, 0.15) is 5.82 Å². The van der Waals surface area contributed by atoms with Gasteiger partial charge < -0.3 is 10.2 Å². The molecule has 4 heteroatoms. The van der Waals surface area contributed by atoms with E-state index in [9.17, 15) is 9.18 Å². The fourth-order valence-corrected chi connectivity index (χ4v) is 1.74. The van der Waals surface area contributed by atoms with Crippen LogP contribution in [0.15, 0.2) is 24.3 Å². The second-order valence-electron chi connectivity index (χ2n) is 4.56. The molecule has 0 aliphatic heterocycles. The predicted octanol–water partition coefficient (Wildman–Crippen LogP) is 2.17. The highest BCUT2D eigenvalue weighted by molar-refractivity contribution is 5.76. The summed E-state index contributed by atoms with van der Waals surface area (Å²) in [6.45, 7) is 4.85. The first kappa shape index (κ1) is 14.6. The van der Waals surface area contributed by atoms with Crippen LogP contribution < -0.4 is 5.32 Å². The molecule has 100 valence electrons. The molecule has 0 unspecified atom stereocenters. The molecule has 0 heterocycles. The lowest BCUT2D eigenvalue weighted by atomic mass is 10.1. The van der Waals surface area contributed by atoms with Crippen LogP contribution in [0.25, 0.3) is 0 Å². The standard InChI is InChI=1S/C14H21FN2O/c1-11(2)17(14(18)8-9-16-3)10-12-6-4-5-7-13(12)15/h4-7,11,16H,8-10H2,1-3H3. The third-order valence-electron chi connectivity index (χ3n) is 2.83. The number of carbonyl (C=O) groups is 1. The highest BCUT2D eigenvalue weighted by atomic mass is 19.1. The minimum atomic E-state index is -0.260. The summed E-state index contributed by atoms with van der Waals surface area (Å²) in [5.74, 6) is -0.216. The molecule has 0 saturated carbocycles. The molecule has 0 bridgehead atoms. The van der Waals surface area contributed by atoms with E-state index in [-0.39, 0.29) is 17.8 Å². The summed E-state index contributed by atoms with van der Waals surface area (Å²) in [6, 6.07) is 6.65. The Morgan fingerprint density at radius 1 is 1.39 bits per heavy atom. The smallest absolute Gasteiger partial charge is 0.224 e. The van der Waals surface area contributed by atoms with Crippen LogP contribution in [-0.2, 0) is 11.3 Å². The van der Waals surface area contributed by atoms with Gasteiger partial charge in [-0.2, -0.15) is 0 Å². The van der Waals surface area contributed by atoms with Crippen LogP contribution in [0, 0.1) is 5.82 Å². The van der Waals surface area contributed by atoms with Crippen molar-refractivity contribution >= 4 is 5.91 Å². The molecule has 0 fully saturated rings. The van der Waals surface area contributed by atoms with Gasteiger partial charge in [-0.25, -0.2) is 4.39 Å². The minimum absolute atomic E-state index is 0.0441. The second kappa shape index (κ2) is 7.11. The first-order chi connectivity index (χ1) is 8.56. The average Bonchev–Trinajstić information content (AvgIpc) is 2.34. The summed E-state index contributed by atoms with van der Waals surface area (Å²) in [5.41, 5.74) is 0.559. The summed E-state index contributed by atoms with van der Waals surface area (Å²) in [4.78, 5) is 13.7. The molecule has 1 rings (SSSR count). The first-order valence-electron chi connectivity index (χ1n) is 6.23. The van der Waals surface area contributed by atoms with Gasteiger partial charge in [-0.1, -0.05) is 18.2 Å². The zero-order chi connectivity index (χ0) is 13.5. The molecule has 1 aromatic carbocycles. The quantitative estimate of drug-likeness (QED) is 0.841. The summed E-state index contributed by atoms with van der Waals surface area (Å²) in [5, 5.41) is 2.95. The highest BCUT2D eigenvalue weighted by Crippen LogP contribution is 2.13. The van der Waals surface area contributed by atoms with Crippen molar-refractivity contribution in [1.82, 2.24) is 10.2 Å². The Morgan fingerprint density at radius 3 is 2.61 bits per heavy atom. The lowest BCUT2D eigenvalue weighted by Crippen LogP contribution is -2.37. The van der Waals surface area contributed by atoms with E-state index in [1.54, 1.807) is 23.1 Å². The van der Waals surface area contributed by atoms with Crippen molar-refractivity contribution in [2.75, 3.05) is 13.6 Å². The van der Waals surface area contributed by atoms with Gasteiger partial charge in [-0.15, -0.1) is 0 Å². The largest absolute Gasteiger partial charge is 0.336 e. The van der Waals surface area contributed by atoms with Gasteiger partial charge >= 0.3 is 0 Å². The van der Waals surface area contributed by atoms with Crippen LogP contribution in [0.3, 0.4) is 0 Å². The maximum absolute atomic E-state index is 13.6. The molecule has 0 saturated heterocycles. The zero-order valence-corrected chi connectivity index (χ0v) is 11.2. The van der Waals surface area contributed by atoms with Crippen LogP contribution in [0.2, 0.25) is 0 Å². The fraction of sp³-hybridized carbons (Fsp3) is 0.500. The van der Waals surface area contributed by atoms with E-state index in [0.717, 1.165) is 0 Å². The Hall–Kier alpha value is -1.42. The Bertz CT molecular complexity index is 393. The molecule has 0 aliphatic rings. The van der Waals surface area contributed by atoms with E-state index in [1.165, 1.54) is 6.07 Å². The van der Waals surface area contributed by atoms with Crippen molar-refractivity contribution in [3.8, 4) is 0 Å². The average molecular weight is 252 g/mol. The Morgan fingerprint density at radius 2 is 2.06 bits per heavy atom. The van der Waals surface area contributed by atoms with Gasteiger partial charge in [-0.3, -0.25) is 4.79 Å². The van der Waals surface area contributed by atoms with E-state index in [4.69, 9.17) is 0 Å². The maximum Gasteiger partial charge on any atom is 0.224 e. The Balaban J connectivity index is 2.75. The number of benzene rings is 1. The van der Waals surface area contributed by atoms with Gasteiger partial charge in [0.15, 0.2) is 0 Å². The third-order valence-corrected chi connectivity index (χ3v) is 2.83. The van der Waals surface area contributed by atoms with Gasteiger partial charge in [0.2, 0.25) is 5.91 Å². The lowest BCUT2D eigenvalue weighted by Gasteiger charge is -2.27. The molecule has 0 aromatic heterocycles. The molecule has 0 spiro atoms. The number of nitrogens with one attached hydrogen (secondary N) is 1. The van der Waals surface area contributed by atoms with Gasteiger partial charge in [0, 0.05) is 31.1 Å². The van der Waals surface area contributed by atoms with E-state index >= 15 is 0 Å². The minimum Gasteiger partial charge on any atom is -0.336 e. The van der Waals surface area contributed by atoms with Crippen LogP contribution in [0.5, 0.6) is 0 Å². The molecule has 0 atom stereocenters. The zero-order valence-electron chi connectivity index (χ0n) is 11.2. The van der Waals surface area contributed by atoms with Crippen molar-refractivity contribution in [2.24, 2.45) is 0 Å². The molecular weight excluding hydrogens is 231 g/mol. The van der Waals surface area contributed by atoms with Gasteiger partial charge in [0.05, 0.1) is 0 Å². The SMILES string of the molecule is CNCCC(=O)N(Cc1ccccc1F)C(C)C. The van der Waals surface area contributed by atoms with E-state index in [2.05, 4.69) is 5.32 Å². The van der Waals surface area contributed by atoms with Crippen LogP contribution in [0.4, 0.5) is 4.39 Å². The molecule has 1 aromatic rings. The molecule has 18 heavy (non-hydrogen) atoms. The molecule has 1 N–H and O–H groups in total. The summed E-state index contributed by atoms with van der Waals surface area (Å²) in [7, 11) is 1.81. The van der Waals surface area contributed by atoms with Crippen LogP contribution in [0.1, 0.15) is 25.8 Å². The van der Waals surface area contributed by atoms with E-state index < -0.39 is 0 Å². The lowest BCUT2D eigenvalue weighted by molar-refractivity contribution is -0.133. The van der Waals surface area contributed by atoms with E-state index in [1.807, 2.05) is 20.9 Å². The topological polar surface area (TPSA) is 32.3 Å². The number of amides is 1. The van der Waals surface area contributed by atoms with Gasteiger partial charge in [-0.05, 0) is 27.0 Å². The first-order valence-corrected chi connectivity index (χ1v) is 6.23. The highest BCUT2D eigenvalue weighted by Gasteiger charge is 2.17. The summed E-state index contributed by atoms with van der Waals surface area (Å²) >= 11 is 0. The van der Waals surface area contributed by atoms with Crippen LogP contribution in [-0.4, -0.2) is 30.4 Å². The number of hydrogen-bond acceptors (Lipinski definition) is 2. The number of hydrogen-bond donors (Lipinski definition) is 1. The van der Waals surface area contributed by atoms with Gasteiger partial charge in [0.25, 0.3) is 0 Å². The number of nitrogens with zero attached hydrogens (tertiary/aromatic N) is 1. The number of carbonyl (C=O) groups excluding carboxylic acids is 1. The number of rotatable bonds is 6. The van der Waals surface area contributed by atoms with E-state index in [0.29, 0.717) is 25.1 Å². The van der Waals surface area contributed by atoms with Crippen molar-refractivity contribution in [1.29, 1.82) is 0 Å². The molecule has 1 amide bonds. The summed E-state index contributed by atoms with van der Waals surface area (Å²) in [6.07, 6.45) is 0.434. The summed E-state index contributed by atoms with van der Waals surface area (Å²) < 4.78 is 13.6. The Kier molecular flexibility index (Phi) is 5.78. The Labute approximate surface area is 108 Å². The van der Waals surface area contributed by atoms with Crippen molar-refractivity contribution < 1.29 is 9.18 Å². The van der Waals surface area contributed by atoms with Crippen molar-refractivity contribution in [3.63, 3.8) is 0 Å². The molecule has 0 aliphatic carbocycles.